The maximum Gasteiger partial charge on any atom is 0.119 e. The van der Waals surface area contributed by atoms with Gasteiger partial charge in [0.25, 0.3) is 0 Å². The average Bonchev–Trinajstić information content (AvgIpc) is 2.29. The molecule has 0 aromatic heterocycles. The Morgan fingerprint density at radius 3 is 2.75 bits per heavy atom. The van der Waals surface area contributed by atoms with E-state index in [0.717, 1.165) is 18.2 Å². The average molecular weight is 219 g/mol. The van der Waals surface area contributed by atoms with Crippen molar-refractivity contribution < 1.29 is 4.74 Å². The van der Waals surface area contributed by atoms with Gasteiger partial charge in [-0.1, -0.05) is 25.5 Å². The van der Waals surface area contributed by atoms with Crippen molar-refractivity contribution in [3.8, 4) is 5.75 Å². The lowest BCUT2D eigenvalue weighted by Crippen LogP contribution is -2.46. The molecule has 2 N–H and O–H groups in total. The molecular weight excluding hydrogens is 198 g/mol. The Kier molecular flexibility index (Phi) is 3.20. The van der Waals surface area contributed by atoms with Crippen LogP contribution in [0.3, 0.4) is 0 Å². The molecule has 0 spiro atoms. The lowest BCUT2D eigenvalue weighted by Gasteiger charge is -2.47. The van der Waals surface area contributed by atoms with Gasteiger partial charge in [-0.2, -0.15) is 0 Å². The van der Waals surface area contributed by atoms with Crippen molar-refractivity contribution in [1.82, 2.24) is 0 Å². The second kappa shape index (κ2) is 4.46. The molecule has 16 heavy (non-hydrogen) atoms. The normalized spacial score (nSPS) is 28.6. The van der Waals surface area contributed by atoms with Crippen LogP contribution in [0.4, 0.5) is 0 Å². The molecule has 0 amide bonds. The van der Waals surface area contributed by atoms with E-state index in [1.807, 2.05) is 6.07 Å². The summed E-state index contributed by atoms with van der Waals surface area (Å²) in [6.45, 7) is 3.01. The summed E-state index contributed by atoms with van der Waals surface area (Å²) in [7, 11) is 1.71. The Hall–Kier alpha value is -1.02. The molecule has 0 heterocycles. The van der Waals surface area contributed by atoms with Gasteiger partial charge in [0.1, 0.15) is 5.75 Å². The SMILES string of the molecule is CCC1CC(CN)(c2cccc(OC)c2)C1. The fourth-order valence-electron chi connectivity index (χ4n) is 2.81. The smallest absolute Gasteiger partial charge is 0.119 e. The minimum Gasteiger partial charge on any atom is -0.497 e. The summed E-state index contributed by atoms with van der Waals surface area (Å²) in [4.78, 5) is 0. The van der Waals surface area contributed by atoms with Gasteiger partial charge >= 0.3 is 0 Å². The predicted molar refractivity (Wildman–Crippen MR) is 66.7 cm³/mol. The van der Waals surface area contributed by atoms with Crippen LogP contribution in [-0.4, -0.2) is 13.7 Å². The van der Waals surface area contributed by atoms with Crippen LogP contribution in [0.2, 0.25) is 0 Å². The van der Waals surface area contributed by atoms with E-state index in [1.165, 1.54) is 24.8 Å². The molecule has 0 saturated heterocycles. The molecule has 0 atom stereocenters. The third-order valence-electron chi connectivity index (χ3n) is 4.01. The first-order valence-electron chi connectivity index (χ1n) is 6.08. The molecule has 2 nitrogen and oxygen atoms in total. The molecule has 1 aromatic rings. The van der Waals surface area contributed by atoms with E-state index in [2.05, 4.69) is 25.1 Å². The molecule has 1 aliphatic rings. The van der Waals surface area contributed by atoms with E-state index in [-0.39, 0.29) is 5.41 Å². The van der Waals surface area contributed by atoms with Gasteiger partial charge in [0.05, 0.1) is 7.11 Å². The molecule has 0 unspecified atom stereocenters. The van der Waals surface area contributed by atoms with Crippen LogP contribution in [0.1, 0.15) is 31.7 Å². The van der Waals surface area contributed by atoms with Gasteiger partial charge in [0.15, 0.2) is 0 Å². The number of nitrogens with two attached hydrogens (primary N) is 1. The lowest BCUT2D eigenvalue weighted by atomic mass is 9.58. The number of methoxy groups -OCH3 is 1. The molecule has 0 aliphatic heterocycles. The quantitative estimate of drug-likeness (QED) is 0.845. The summed E-state index contributed by atoms with van der Waals surface area (Å²) in [5.41, 5.74) is 7.53. The van der Waals surface area contributed by atoms with Crippen LogP contribution in [0.25, 0.3) is 0 Å². The van der Waals surface area contributed by atoms with Crippen molar-refractivity contribution in [3.05, 3.63) is 29.8 Å². The van der Waals surface area contributed by atoms with E-state index >= 15 is 0 Å². The summed E-state index contributed by atoms with van der Waals surface area (Å²) >= 11 is 0. The Morgan fingerprint density at radius 2 is 2.19 bits per heavy atom. The van der Waals surface area contributed by atoms with Crippen molar-refractivity contribution in [1.29, 1.82) is 0 Å². The first-order valence-corrected chi connectivity index (χ1v) is 6.08. The van der Waals surface area contributed by atoms with Crippen LogP contribution in [0.15, 0.2) is 24.3 Å². The van der Waals surface area contributed by atoms with Crippen LogP contribution >= 0.6 is 0 Å². The first kappa shape index (κ1) is 11.5. The summed E-state index contributed by atoms with van der Waals surface area (Å²) in [5.74, 6) is 1.79. The highest BCUT2D eigenvalue weighted by Crippen LogP contribution is 2.48. The molecule has 0 radical (unpaired) electrons. The standard InChI is InChI=1S/C14H21NO/c1-3-11-8-14(9-11,10-15)12-5-4-6-13(7-12)16-2/h4-7,11H,3,8-10,15H2,1-2H3. The molecule has 1 aliphatic carbocycles. The van der Waals surface area contributed by atoms with E-state index < -0.39 is 0 Å². The highest BCUT2D eigenvalue weighted by molar-refractivity contribution is 5.36. The number of benzene rings is 1. The second-order valence-corrected chi connectivity index (χ2v) is 4.90. The van der Waals surface area contributed by atoms with Gasteiger partial charge in [-0.15, -0.1) is 0 Å². The zero-order chi connectivity index (χ0) is 11.6. The van der Waals surface area contributed by atoms with Gasteiger partial charge in [0, 0.05) is 12.0 Å². The van der Waals surface area contributed by atoms with Crippen LogP contribution in [-0.2, 0) is 5.41 Å². The minimum absolute atomic E-state index is 0.217. The van der Waals surface area contributed by atoms with Gasteiger partial charge in [0.2, 0.25) is 0 Å². The summed E-state index contributed by atoms with van der Waals surface area (Å²) < 4.78 is 5.28. The monoisotopic (exact) mass is 219 g/mol. The third-order valence-corrected chi connectivity index (χ3v) is 4.01. The Morgan fingerprint density at radius 1 is 1.44 bits per heavy atom. The summed E-state index contributed by atoms with van der Waals surface area (Å²) in [5, 5.41) is 0. The fraction of sp³-hybridized carbons (Fsp3) is 0.571. The number of ether oxygens (including phenoxy) is 1. The number of rotatable bonds is 4. The highest BCUT2D eigenvalue weighted by atomic mass is 16.5. The molecule has 0 bridgehead atoms. The van der Waals surface area contributed by atoms with Gasteiger partial charge in [-0.25, -0.2) is 0 Å². The zero-order valence-electron chi connectivity index (χ0n) is 10.2. The van der Waals surface area contributed by atoms with Crippen molar-refractivity contribution in [2.45, 2.75) is 31.6 Å². The molecule has 88 valence electrons. The molecule has 2 heteroatoms. The number of hydrogen-bond donors (Lipinski definition) is 1. The van der Waals surface area contributed by atoms with Gasteiger partial charge < -0.3 is 10.5 Å². The Bertz CT molecular complexity index is 356. The van der Waals surface area contributed by atoms with Crippen molar-refractivity contribution in [3.63, 3.8) is 0 Å². The third kappa shape index (κ3) is 1.82. The van der Waals surface area contributed by atoms with E-state index in [1.54, 1.807) is 7.11 Å². The molecule has 2 rings (SSSR count). The molecule has 1 fully saturated rings. The minimum atomic E-state index is 0.217. The summed E-state index contributed by atoms with van der Waals surface area (Å²) in [6.07, 6.45) is 3.73. The first-order chi connectivity index (χ1) is 7.74. The molecule has 1 saturated carbocycles. The Balaban J connectivity index is 2.21. The lowest BCUT2D eigenvalue weighted by molar-refractivity contribution is 0.144. The molecular formula is C14H21NO. The fourth-order valence-corrected chi connectivity index (χ4v) is 2.81. The zero-order valence-corrected chi connectivity index (χ0v) is 10.2. The van der Waals surface area contributed by atoms with E-state index in [0.29, 0.717) is 0 Å². The Labute approximate surface area is 97.8 Å². The van der Waals surface area contributed by atoms with Crippen LogP contribution in [0.5, 0.6) is 5.75 Å². The number of hydrogen-bond acceptors (Lipinski definition) is 2. The van der Waals surface area contributed by atoms with Gasteiger partial charge in [-0.05, 0) is 36.5 Å². The maximum atomic E-state index is 5.97. The van der Waals surface area contributed by atoms with Crippen molar-refractivity contribution in [2.75, 3.05) is 13.7 Å². The predicted octanol–water partition coefficient (Wildman–Crippen LogP) is 2.71. The van der Waals surface area contributed by atoms with Crippen molar-refractivity contribution >= 4 is 0 Å². The van der Waals surface area contributed by atoms with Gasteiger partial charge in [-0.3, -0.25) is 0 Å². The summed E-state index contributed by atoms with van der Waals surface area (Å²) in [6, 6.07) is 8.37. The maximum absolute atomic E-state index is 5.97. The van der Waals surface area contributed by atoms with E-state index in [9.17, 15) is 0 Å². The van der Waals surface area contributed by atoms with E-state index in [4.69, 9.17) is 10.5 Å². The largest absolute Gasteiger partial charge is 0.497 e. The molecule has 1 aromatic carbocycles. The van der Waals surface area contributed by atoms with Crippen LogP contribution < -0.4 is 10.5 Å². The second-order valence-electron chi connectivity index (χ2n) is 4.90. The van der Waals surface area contributed by atoms with Crippen LogP contribution in [0, 0.1) is 5.92 Å². The topological polar surface area (TPSA) is 35.2 Å². The highest BCUT2D eigenvalue weighted by Gasteiger charge is 2.43. The van der Waals surface area contributed by atoms with Crippen molar-refractivity contribution in [2.24, 2.45) is 11.7 Å².